The van der Waals surface area contributed by atoms with Gasteiger partial charge in [-0.05, 0) is 19.0 Å². The summed E-state index contributed by atoms with van der Waals surface area (Å²) in [6.45, 7) is 11.0. The van der Waals surface area contributed by atoms with Gasteiger partial charge < -0.3 is 20.6 Å². The van der Waals surface area contributed by atoms with Gasteiger partial charge >= 0.3 is 12.0 Å². The van der Waals surface area contributed by atoms with Crippen molar-refractivity contribution in [1.82, 2.24) is 15.5 Å². The Hall–Kier alpha value is -1.30. The van der Waals surface area contributed by atoms with Crippen LogP contribution in [0.5, 0.6) is 0 Å². The molecule has 0 aromatic rings. The van der Waals surface area contributed by atoms with Crippen LogP contribution < -0.4 is 10.6 Å². The fourth-order valence-corrected chi connectivity index (χ4v) is 1.74. The van der Waals surface area contributed by atoms with Crippen LogP contribution in [-0.4, -0.2) is 54.2 Å². The normalized spacial score (nSPS) is 13.9. The molecule has 0 radical (unpaired) electrons. The number of carboxylic acids is 1. The first-order valence-corrected chi connectivity index (χ1v) is 6.95. The van der Waals surface area contributed by atoms with Crippen molar-refractivity contribution in [3.05, 3.63) is 0 Å². The van der Waals surface area contributed by atoms with Crippen molar-refractivity contribution in [3.63, 3.8) is 0 Å². The van der Waals surface area contributed by atoms with E-state index >= 15 is 0 Å². The van der Waals surface area contributed by atoms with Crippen molar-refractivity contribution in [2.45, 2.75) is 40.2 Å². The number of aliphatic carboxylic acids is 1. The summed E-state index contributed by atoms with van der Waals surface area (Å²) in [5.74, 6) is -1.08. The van der Waals surface area contributed by atoms with Crippen molar-refractivity contribution in [2.75, 3.05) is 26.2 Å². The summed E-state index contributed by atoms with van der Waals surface area (Å²) < 4.78 is 0. The molecule has 3 N–H and O–H groups in total. The van der Waals surface area contributed by atoms with Gasteiger partial charge in [-0.25, -0.2) is 9.59 Å². The Balaban J connectivity index is 4.10. The third kappa shape index (κ3) is 7.00. The fourth-order valence-electron chi connectivity index (χ4n) is 1.74. The lowest BCUT2D eigenvalue weighted by atomic mass is 9.99. The Labute approximate surface area is 115 Å². The number of likely N-dealkylation sites (N-methyl/N-ethyl adjacent to an activating group) is 1. The zero-order valence-electron chi connectivity index (χ0n) is 12.4. The van der Waals surface area contributed by atoms with Gasteiger partial charge in [0.2, 0.25) is 0 Å². The van der Waals surface area contributed by atoms with Gasteiger partial charge in [0, 0.05) is 13.1 Å². The van der Waals surface area contributed by atoms with Crippen LogP contribution in [0.1, 0.15) is 34.1 Å². The highest BCUT2D eigenvalue weighted by Crippen LogP contribution is 2.07. The molecule has 2 atom stereocenters. The maximum Gasteiger partial charge on any atom is 0.326 e. The summed E-state index contributed by atoms with van der Waals surface area (Å²) in [6, 6.07) is -1.25. The van der Waals surface area contributed by atoms with E-state index in [-0.39, 0.29) is 5.92 Å². The molecule has 0 spiro atoms. The Bertz CT molecular complexity index is 280. The van der Waals surface area contributed by atoms with Gasteiger partial charge in [-0.15, -0.1) is 0 Å². The van der Waals surface area contributed by atoms with Crippen molar-refractivity contribution in [2.24, 2.45) is 5.92 Å². The van der Waals surface area contributed by atoms with E-state index < -0.39 is 18.0 Å². The SMILES string of the molecule is CCC(C)C(NC(=O)NCCN(CC)CC)C(=O)O. The molecule has 2 unspecified atom stereocenters. The van der Waals surface area contributed by atoms with E-state index in [0.29, 0.717) is 13.0 Å². The molecular formula is C13H27N3O3. The topological polar surface area (TPSA) is 81.7 Å². The minimum absolute atomic E-state index is 0.0916. The molecule has 0 saturated heterocycles. The van der Waals surface area contributed by atoms with Gasteiger partial charge in [0.1, 0.15) is 6.04 Å². The van der Waals surface area contributed by atoms with E-state index in [1.54, 1.807) is 0 Å². The molecule has 0 aliphatic rings. The van der Waals surface area contributed by atoms with Crippen LogP contribution in [0.25, 0.3) is 0 Å². The molecule has 6 nitrogen and oxygen atoms in total. The highest BCUT2D eigenvalue weighted by atomic mass is 16.4. The highest BCUT2D eigenvalue weighted by molar-refractivity contribution is 5.82. The molecule has 0 aromatic carbocycles. The van der Waals surface area contributed by atoms with E-state index in [1.807, 2.05) is 13.8 Å². The van der Waals surface area contributed by atoms with Crippen LogP contribution >= 0.6 is 0 Å². The summed E-state index contributed by atoms with van der Waals surface area (Å²) in [6.07, 6.45) is 0.705. The van der Waals surface area contributed by atoms with Crippen LogP contribution in [0.2, 0.25) is 0 Å². The third-order valence-corrected chi connectivity index (χ3v) is 3.37. The molecular weight excluding hydrogens is 246 g/mol. The molecule has 112 valence electrons. The maximum atomic E-state index is 11.6. The van der Waals surface area contributed by atoms with E-state index in [4.69, 9.17) is 5.11 Å². The number of rotatable bonds is 9. The highest BCUT2D eigenvalue weighted by Gasteiger charge is 2.24. The van der Waals surface area contributed by atoms with Crippen LogP contribution in [-0.2, 0) is 4.79 Å². The summed E-state index contributed by atoms with van der Waals surface area (Å²) in [7, 11) is 0. The van der Waals surface area contributed by atoms with E-state index in [9.17, 15) is 9.59 Å². The van der Waals surface area contributed by atoms with Crippen molar-refractivity contribution < 1.29 is 14.7 Å². The largest absolute Gasteiger partial charge is 0.480 e. The van der Waals surface area contributed by atoms with Crippen LogP contribution in [0.15, 0.2) is 0 Å². The van der Waals surface area contributed by atoms with Crippen molar-refractivity contribution in [1.29, 1.82) is 0 Å². The van der Waals surface area contributed by atoms with Gasteiger partial charge in [0.05, 0.1) is 0 Å². The first-order valence-electron chi connectivity index (χ1n) is 6.95. The second-order valence-corrected chi connectivity index (χ2v) is 4.63. The van der Waals surface area contributed by atoms with Gasteiger partial charge in [-0.3, -0.25) is 0 Å². The molecule has 0 rings (SSSR count). The lowest BCUT2D eigenvalue weighted by Gasteiger charge is -2.21. The monoisotopic (exact) mass is 273 g/mol. The standard InChI is InChI=1S/C13H27N3O3/c1-5-10(4)11(12(17)18)15-13(19)14-8-9-16(6-2)7-3/h10-11H,5-9H2,1-4H3,(H,17,18)(H2,14,15,19). The summed E-state index contributed by atoms with van der Waals surface area (Å²) in [5.41, 5.74) is 0. The lowest BCUT2D eigenvalue weighted by Crippen LogP contribution is -2.50. The van der Waals surface area contributed by atoms with Gasteiger partial charge in [-0.2, -0.15) is 0 Å². The fraction of sp³-hybridized carbons (Fsp3) is 0.846. The molecule has 0 bridgehead atoms. The first kappa shape index (κ1) is 17.7. The van der Waals surface area contributed by atoms with E-state index in [2.05, 4.69) is 29.4 Å². The van der Waals surface area contributed by atoms with Crippen LogP contribution in [0.4, 0.5) is 4.79 Å². The zero-order valence-corrected chi connectivity index (χ0v) is 12.4. The predicted molar refractivity (Wildman–Crippen MR) is 75.2 cm³/mol. The van der Waals surface area contributed by atoms with E-state index in [1.165, 1.54) is 0 Å². The molecule has 19 heavy (non-hydrogen) atoms. The third-order valence-electron chi connectivity index (χ3n) is 3.37. The van der Waals surface area contributed by atoms with Crippen LogP contribution in [0.3, 0.4) is 0 Å². The van der Waals surface area contributed by atoms with Crippen molar-refractivity contribution >= 4 is 12.0 Å². The number of hydrogen-bond donors (Lipinski definition) is 3. The molecule has 0 saturated carbocycles. The first-order chi connectivity index (χ1) is 8.96. The van der Waals surface area contributed by atoms with E-state index in [0.717, 1.165) is 19.6 Å². The van der Waals surface area contributed by atoms with Crippen molar-refractivity contribution in [3.8, 4) is 0 Å². The number of carboxylic acid groups (broad SMARTS) is 1. The lowest BCUT2D eigenvalue weighted by molar-refractivity contribution is -0.140. The van der Waals surface area contributed by atoms with Gasteiger partial charge in [-0.1, -0.05) is 34.1 Å². The molecule has 0 aliphatic heterocycles. The Morgan fingerprint density at radius 1 is 1.21 bits per heavy atom. The number of nitrogens with zero attached hydrogens (tertiary/aromatic N) is 1. The van der Waals surface area contributed by atoms with Gasteiger partial charge in [0.25, 0.3) is 0 Å². The smallest absolute Gasteiger partial charge is 0.326 e. The number of hydrogen-bond acceptors (Lipinski definition) is 3. The Kier molecular flexibility index (Phi) is 8.95. The summed E-state index contributed by atoms with van der Waals surface area (Å²) in [5, 5.41) is 14.3. The van der Waals surface area contributed by atoms with Gasteiger partial charge in [0.15, 0.2) is 0 Å². The predicted octanol–water partition coefficient (Wildman–Crippen LogP) is 1.13. The number of urea groups is 1. The molecule has 0 heterocycles. The minimum Gasteiger partial charge on any atom is -0.480 e. The molecule has 6 heteroatoms. The quantitative estimate of drug-likeness (QED) is 0.588. The molecule has 0 aromatic heterocycles. The van der Waals surface area contributed by atoms with Crippen LogP contribution in [0, 0.1) is 5.92 Å². The summed E-state index contributed by atoms with van der Waals surface area (Å²) in [4.78, 5) is 24.9. The number of carbonyl (C=O) groups excluding carboxylic acids is 1. The zero-order chi connectivity index (χ0) is 14.8. The number of carbonyl (C=O) groups is 2. The molecule has 0 aliphatic carbocycles. The number of amides is 2. The maximum absolute atomic E-state index is 11.6. The number of nitrogens with one attached hydrogen (secondary N) is 2. The average Bonchev–Trinajstić information content (AvgIpc) is 2.39. The summed E-state index contributed by atoms with van der Waals surface area (Å²) >= 11 is 0. The average molecular weight is 273 g/mol. The molecule has 2 amide bonds. The minimum atomic E-state index is -0.992. The Morgan fingerprint density at radius 3 is 2.21 bits per heavy atom. The molecule has 0 fully saturated rings. The second-order valence-electron chi connectivity index (χ2n) is 4.63. The Morgan fingerprint density at radius 2 is 1.79 bits per heavy atom. The second kappa shape index (κ2) is 9.61.